The van der Waals surface area contributed by atoms with Crippen LogP contribution in [0, 0.1) is 24.5 Å². The number of ether oxygens (including phenoxy) is 2. The smallest absolute Gasteiger partial charge is 0.413 e. The molecular formula is C26H34F2N6O3S. The summed E-state index contributed by atoms with van der Waals surface area (Å²) < 4.78 is 40.5. The van der Waals surface area contributed by atoms with Gasteiger partial charge in [0.25, 0.3) is 5.88 Å². The number of rotatable bonds is 5. The highest BCUT2D eigenvalue weighted by atomic mass is 32.2. The fraction of sp³-hybridized carbons (Fsp3) is 0.538. The lowest BCUT2D eigenvalue weighted by Gasteiger charge is -2.36. The molecule has 0 radical (unpaired) electrons. The Morgan fingerprint density at radius 2 is 2.00 bits per heavy atom. The first-order valence-electron chi connectivity index (χ1n) is 12.4. The summed E-state index contributed by atoms with van der Waals surface area (Å²) in [5.74, 6) is -0.528. The van der Waals surface area contributed by atoms with E-state index >= 15 is 4.39 Å². The molecule has 1 amide bonds. The molecule has 2 N–H and O–H groups in total. The van der Waals surface area contributed by atoms with E-state index in [2.05, 4.69) is 20.6 Å². The molecule has 9 nitrogen and oxygen atoms in total. The van der Waals surface area contributed by atoms with Crippen molar-refractivity contribution in [1.82, 2.24) is 15.3 Å². The fourth-order valence-corrected chi connectivity index (χ4v) is 5.78. The Labute approximate surface area is 225 Å². The third kappa shape index (κ3) is 5.79. The predicted molar refractivity (Wildman–Crippen MR) is 145 cm³/mol. The average molecular weight is 549 g/mol. The van der Waals surface area contributed by atoms with Crippen LogP contribution in [0.1, 0.15) is 45.9 Å². The highest BCUT2D eigenvalue weighted by Gasteiger charge is 2.52. The molecule has 206 valence electrons. The van der Waals surface area contributed by atoms with Gasteiger partial charge in [-0.3, -0.25) is 5.32 Å². The Hall–Kier alpha value is -3.15. The maximum Gasteiger partial charge on any atom is 0.413 e. The zero-order valence-electron chi connectivity index (χ0n) is 22.7. The van der Waals surface area contributed by atoms with Gasteiger partial charge in [0.1, 0.15) is 17.0 Å². The molecule has 38 heavy (non-hydrogen) atoms. The van der Waals surface area contributed by atoms with Crippen molar-refractivity contribution < 1.29 is 23.0 Å². The Kier molecular flexibility index (Phi) is 7.74. The van der Waals surface area contributed by atoms with Crippen LogP contribution in [0.25, 0.3) is 0 Å². The molecule has 3 heterocycles. The van der Waals surface area contributed by atoms with E-state index in [0.29, 0.717) is 23.0 Å². The zero-order valence-corrected chi connectivity index (χ0v) is 23.5. The molecular weight excluding hydrogens is 514 g/mol. The Morgan fingerprint density at radius 1 is 1.26 bits per heavy atom. The van der Waals surface area contributed by atoms with E-state index in [-0.39, 0.29) is 36.0 Å². The molecule has 0 spiro atoms. The summed E-state index contributed by atoms with van der Waals surface area (Å²) in [5, 5.41) is 6.40. The van der Waals surface area contributed by atoms with Gasteiger partial charge < -0.3 is 19.7 Å². The van der Waals surface area contributed by atoms with Crippen LogP contribution in [-0.4, -0.2) is 58.8 Å². The number of aromatic nitrogens is 2. The van der Waals surface area contributed by atoms with Crippen LogP contribution in [0.4, 0.5) is 25.2 Å². The van der Waals surface area contributed by atoms with Crippen LogP contribution in [0.5, 0.6) is 5.88 Å². The van der Waals surface area contributed by atoms with Crippen LogP contribution in [0.3, 0.4) is 0 Å². The van der Waals surface area contributed by atoms with Crippen LogP contribution in [0.15, 0.2) is 23.2 Å². The van der Waals surface area contributed by atoms with Crippen molar-refractivity contribution in [2.75, 3.05) is 36.2 Å². The summed E-state index contributed by atoms with van der Waals surface area (Å²) in [5.41, 5.74) is -0.449. The van der Waals surface area contributed by atoms with Gasteiger partial charge in [-0.25, -0.2) is 19.2 Å². The highest BCUT2D eigenvalue weighted by molar-refractivity contribution is 8.13. The second kappa shape index (κ2) is 10.5. The third-order valence-electron chi connectivity index (χ3n) is 6.22. The van der Waals surface area contributed by atoms with Gasteiger partial charge in [0.05, 0.1) is 19.3 Å². The van der Waals surface area contributed by atoms with Gasteiger partial charge in [0.15, 0.2) is 5.17 Å². The maximum atomic E-state index is 15.6. The number of nitrogens with zero attached hydrogens (tertiary/aromatic N) is 4. The third-order valence-corrected chi connectivity index (χ3v) is 7.25. The van der Waals surface area contributed by atoms with Gasteiger partial charge in [-0.2, -0.15) is 9.37 Å². The quantitative estimate of drug-likeness (QED) is 0.547. The maximum absolute atomic E-state index is 15.6. The van der Waals surface area contributed by atoms with E-state index in [9.17, 15) is 9.18 Å². The number of nitrogens with one attached hydrogen (secondary N) is 2. The summed E-state index contributed by atoms with van der Waals surface area (Å²) in [6.45, 7) is 11.5. The van der Waals surface area contributed by atoms with Crippen LogP contribution >= 0.6 is 11.8 Å². The van der Waals surface area contributed by atoms with Crippen molar-refractivity contribution in [3.05, 3.63) is 41.1 Å². The standard InChI is InChI=1S/C26H34F2N6O3S/c1-14(2)29-17-8-9-19(27)18(10-17)26-13-34(22-30-15(3)20(28)21(31-22)36-7)11-16(26)12-38-23(33-26)32-24(35)37-25(4,5)6/h8-10,14,16,29H,11-13H2,1-7H3,(H,32,33,35)/t16-,26-/m0/s1. The van der Waals surface area contributed by atoms with Crippen molar-refractivity contribution in [2.45, 2.75) is 58.7 Å². The minimum atomic E-state index is -1.06. The number of aryl methyl sites for hydroxylation is 1. The zero-order chi connectivity index (χ0) is 27.8. The van der Waals surface area contributed by atoms with E-state index in [4.69, 9.17) is 14.5 Å². The number of methoxy groups -OCH3 is 1. The largest absolute Gasteiger partial charge is 0.479 e. The molecule has 0 bridgehead atoms. The monoisotopic (exact) mass is 548 g/mol. The average Bonchev–Trinajstić information content (AvgIpc) is 3.20. The van der Waals surface area contributed by atoms with Gasteiger partial charge in [-0.1, -0.05) is 11.8 Å². The molecule has 1 aromatic heterocycles. The lowest BCUT2D eigenvalue weighted by atomic mass is 9.81. The number of fused-ring (bicyclic) bond motifs is 1. The van der Waals surface area contributed by atoms with Crippen molar-refractivity contribution in [2.24, 2.45) is 10.9 Å². The molecule has 12 heteroatoms. The number of thioether (sulfide) groups is 1. The molecule has 0 unspecified atom stereocenters. The topological polar surface area (TPSA) is 101 Å². The van der Waals surface area contributed by atoms with E-state index in [1.165, 1.54) is 24.9 Å². The molecule has 1 aromatic carbocycles. The van der Waals surface area contributed by atoms with Gasteiger partial charge in [0, 0.05) is 35.5 Å². The molecule has 1 saturated heterocycles. The van der Waals surface area contributed by atoms with E-state index < -0.39 is 28.9 Å². The number of amidine groups is 1. The van der Waals surface area contributed by atoms with Crippen LogP contribution < -0.4 is 20.3 Å². The number of carbonyl (C=O) groups excluding carboxylic acids is 1. The number of alkyl carbamates (subject to hydrolysis) is 1. The lowest BCUT2D eigenvalue weighted by Crippen LogP contribution is -2.44. The minimum Gasteiger partial charge on any atom is -0.479 e. The molecule has 2 aliphatic heterocycles. The number of anilines is 2. The van der Waals surface area contributed by atoms with E-state index in [1.807, 2.05) is 18.7 Å². The lowest BCUT2D eigenvalue weighted by molar-refractivity contribution is 0.0564. The van der Waals surface area contributed by atoms with E-state index in [0.717, 1.165) is 5.69 Å². The summed E-state index contributed by atoms with van der Waals surface area (Å²) in [6, 6.07) is 5.03. The van der Waals surface area contributed by atoms with Gasteiger partial charge >= 0.3 is 6.09 Å². The molecule has 0 aliphatic carbocycles. The molecule has 0 saturated carbocycles. The van der Waals surface area contributed by atoms with Gasteiger partial charge in [0.2, 0.25) is 11.8 Å². The summed E-state index contributed by atoms with van der Waals surface area (Å²) in [6.07, 6.45) is -0.634. The Morgan fingerprint density at radius 3 is 2.66 bits per heavy atom. The van der Waals surface area contributed by atoms with Crippen molar-refractivity contribution in [3.63, 3.8) is 0 Å². The minimum absolute atomic E-state index is 0.138. The summed E-state index contributed by atoms with van der Waals surface area (Å²) in [7, 11) is 1.35. The first-order chi connectivity index (χ1) is 17.8. The number of halogens is 2. The van der Waals surface area contributed by atoms with Crippen molar-refractivity contribution >= 4 is 34.7 Å². The first kappa shape index (κ1) is 27.9. The molecule has 2 aromatic rings. The van der Waals surface area contributed by atoms with Gasteiger partial charge in [-0.15, -0.1) is 0 Å². The number of amides is 1. The van der Waals surface area contributed by atoms with Gasteiger partial charge in [-0.05, 0) is 59.7 Å². The fourth-order valence-electron chi connectivity index (χ4n) is 4.66. The normalized spacial score (nSPS) is 21.2. The second-order valence-electron chi connectivity index (χ2n) is 10.8. The molecule has 2 aliphatic rings. The van der Waals surface area contributed by atoms with Crippen LogP contribution in [0.2, 0.25) is 0 Å². The highest BCUT2D eigenvalue weighted by Crippen LogP contribution is 2.48. The Balaban J connectivity index is 1.79. The number of aliphatic imine (C=N–C) groups is 1. The van der Waals surface area contributed by atoms with Crippen LogP contribution in [-0.2, 0) is 10.3 Å². The first-order valence-corrected chi connectivity index (χ1v) is 13.4. The SMILES string of the molecule is COc1nc(N2C[C@H]3CSC(NC(=O)OC(C)(C)C)=N[C@@]3(c3cc(NC(C)C)ccc3F)C2)nc(C)c1F. The molecule has 2 atom stereocenters. The molecule has 1 fully saturated rings. The summed E-state index contributed by atoms with van der Waals surface area (Å²) >= 11 is 1.37. The Bertz CT molecular complexity index is 1250. The number of hydrogen-bond donors (Lipinski definition) is 2. The van der Waals surface area contributed by atoms with Crippen molar-refractivity contribution in [1.29, 1.82) is 0 Å². The predicted octanol–water partition coefficient (Wildman–Crippen LogP) is 4.85. The van der Waals surface area contributed by atoms with E-state index in [1.54, 1.807) is 39.8 Å². The van der Waals surface area contributed by atoms with Crippen molar-refractivity contribution in [3.8, 4) is 5.88 Å². The number of carbonyl (C=O) groups is 1. The molecule has 4 rings (SSSR count). The summed E-state index contributed by atoms with van der Waals surface area (Å²) in [4.78, 5) is 28.0. The second-order valence-corrected chi connectivity index (χ2v) is 11.8. The number of benzene rings is 1. The number of hydrogen-bond acceptors (Lipinski definition) is 9.